The van der Waals surface area contributed by atoms with Crippen molar-refractivity contribution >= 4 is 11.6 Å². The molecular weight excluding hydrogens is 234 g/mol. The zero-order valence-corrected chi connectivity index (χ0v) is 11.3. The van der Waals surface area contributed by atoms with Crippen LogP contribution in [-0.4, -0.2) is 13.2 Å². The SMILES string of the molecule is C=C(C)COc1ccc(CNCCC)cc1Cl. The van der Waals surface area contributed by atoms with Crippen molar-refractivity contribution in [1.29, 1.82) is 0 Å². The maximum Gasteiger partial charge on any atom is 0.138 e. The molecule has 0 spiro atoms. The third-order valence-corrected chi connectivity index (χ3v) is 2.52. The van der Waals surface area contributed by atoms with E-state index in [-0.39, 0.29) is 0 Å². The van der Waals surface area contributed by atoms with Crippen LogP contribution in [-0.2, 0) is 6.54 Å². The van der Waals surface area contributed by atoms with Gasteiger partial charge in [-0.15, -0.1) is 0 Å². The summed E-state index contributed by atoms with van der Waals surface area (Å²) in [6, 6.07) is 5.88. The van der Waals surface area contributed by atoms with Crippen LogP contribution in [0.25, 0.3) is 0 Å². The lowest BCUT2D eigenvalue weighted by Crippen LogP contribution is -2.13. The maximum atomic E-state index is 6.14. The van der Waals surface area contributed by atoms with E-state index in [0.29, 0.717) is 17.4 Å². The van der Waals surface area contributed by atoms with Gasteiger partial charge in [0, 0.05) is 6.54 Å². The van der Waals surface area contributed by atoms with Crippen molar-refractivity contribution in [2.24, 2.45) is 0 Å². The lowest BCUT2D eigenvalue weighted by Gasteiger charge is -2.09. The van der Waals surface area contributed by atoms with Crippen LogP contribution in [0.5, 0.6) is 5.75 Å². The van der Waals surface area contributed by atoms with E-state index in [2.05, 4.69) is 18.8 Å². The summed E-state index contributed by atoms with van der Waals surface area (Å²) in [5, 5.41) is 3.99. The Bertz CT molecular complexity index is 376. The number of nitrogens with one attached hydrogen (secondary N) is 1. The van der Waals surface area contributed by atoms with Crippen molar-refractivity contribution in [3.05, 3.63) is 40.9 Å². The van der Waals surface area contributed by atoms with Gasteiger partial charge in [-0.2, -0.15) is 0 Å². The van der Waals surface area contributed by atoms with E-state index in [1.165, 1.54) is 5.56 Å². The molecule has 1 aromatic rings. The highest BCUT2D eigenvalue weighted by molar-refractivity contribution is 6.32. The Balaban J connectivity index is 2.56. The predicted octanol–water partition coefficient (Wildman–Crippen LogP) is 3.79. The zero-order chi connectivity index (χ0) is 12.7. The second-order valence-corrected chi connectivity index (χ2v) is 4.59. The minimum absolute atomic E-state index is 0.507. The van der Waals surface area contributed by atoms with E-state index in [0.717, 1.165) is 25.1 Å². The summed E-state index contributed by atoms with van der Waals surface area (Å²) in [4.78, 5) is 0. The average Bonchev–Trinajstić information content (AvgIpc) is 2.28. The highest BCUT2D eigenvalue weighted by Crippen LogP contribution is 2.25. The number of ether oxygens (including phenoxy) is 1. The molecule has 0 radical (unpaired) electrons. The first-order valence-electron chi connectivity index (χ1n) is 5.89. The van der Waals surface area contributed by atoms with Gasteiger partial charge in [-0.1, -0.05) is 31.2 Å². The quantitative estimate of drug-likeness (QED) is 0.590. The van der Waals surface area contributed by atoms with Crippen LogP contribution >= 0.6 is 11.6 Å². The molecule has 1 rings (SSSR count). The fraction of sp³-hybridized carbons (Fsp3) is 0.429. The molecule has 0 saturated carbocycles. The summed E-state index contributed by atoms with van der Waals surface area (Å²) < 4.78 is 5.53. The topological polar surface area (TPSA) is 21.3 Å². The van der Waals surface area contributed by atoms with Gasteiger partial charge in [0.1, 0.15) is 12.4 Å². The molecule has 3 heteroatoms. The first-order valence-corrected chi connectivity index (χ1v) is 6.27. The molecule has 1 N–H and O–H groups in total. The van der Waals surface area contributed by atoms with Gasteiger partial charge in [0.2, 0.25) is 0 Å². The highest BCUT2D eigenvalue weighted by atomic mass is 35.5. The number of halogens is 1. The van der Waals surface area contributed by atoms with Gasteiger partial charge in [-0.3, -0.25) is 0 Å². The van der Waals surface area contributed by atoms with Gasteiger partial charge < -0.3 is 10.1 Å². The molecule has 94 valence electrons. The van der Waals surface area contributed by atoms with Crippen LogP contribution in [0.3, 0.4) is 0 Å². The van der Waals surface area contributed by atoms with Crippen LogP contribution in [0.15, 0.2) is 30.4 Å². The Kier molecular flexibility index (Phi) is 6.09. The fourth-order valence-electron chi connectivity index (χ4n) is 1.38. The molecule has 0 unspecified atom stereocenters. The van der Waals surface area contributed by atoms with E-state index in [1.54, 1.807) is 0 Å². The van der Waals surface area contributed by atoms with Crippen molar-refractivity contribution in [2.45, 2.75) is 26.8 Å². The molecule has 0 aromatic heterocycles. The molecule has 0 amide bonds. The van der Waals surface area contributed by atoms with Crippen LogP contribution in [0.1, 0.15) is 25.8 Å². The third kappa shape index (κ3) is 5.24. The Morgan fingerprint density at radius 1 is 1.47 bits per heavy atom. The van der Waals surface area contributed by atoms with Gasteiger partial charge in [-0.25, -0.2) is 0 Å². The van der Waals surface area contributed by atoms with Crippen molar-refractivity contribution < 1.29 is 4.74 Å². The van der Waals surface area contributed by atoms with Crippen LogP contribution < -0.4 is 10.1 Å². The Morgan fingerprint density at radius 2 is 2.24 bits per heavy atom. The normalized spacial score (nSPS) is 10.3. The first-order chi connectivity index (χ1) is 8.13. The van der Waals surface area contributed by atoms with Gasteiger partial charge in [0.25, 0.3) is 0 Å². The molecule has 0 atom stereocenters. The fourth-order valence-corrected chi connectivity index (χ4v) is 1.64. The summed E-state index contributed by atoms with van der Waals surface area (Å²) in [7, 11) is 0. The third-order valence-electron chi connectivity index (χ3n) is 2.23. The standard InChI is InChI=1S/C14H20ClNO/c1-4-7-16-9-12-5-6-14(13(15)8-12)17-10-11(2)3/h5-6,8,16H,2,4,7,9-10H2,1,3H3. The van der Waals surface area contributed by atoms with Crippen molar-refractivity contribution in [3.63, 3.8) is 0 Å². The Hall–Kier alpha value is -0.990. The van der Waals surface area contributed by atoms with Crippen LogP contribution in [0.4, 0.5) is 0 Å². The van der Waals surface area contributed by atoms with E-state index >= 15 is 0 Å². The maximum absolute atomic E-state index is 6.14. The smallest absolute Gasteiger partial charge is 0.138 e. The van der Waals surface area contributed by atoms with E-state index in [9.17, 15) is 0 Å². The molecule has 2 nitrogen and oxygen atoms in total. The molecule has 0 aliphatic rings. The summed E-state index contributed by atoms with van der Waals surface area (Å²) in [5.74, 6) is 0.717. The number of benzene rings is 1. The second kappa shape index (κ2) is 7.36. The van der Waals surface area contributed by atoms with Gasteiger partial charge >= 0.3 is 0 Å². The molecule has 1 aromatic carbocycles. The number of hydrogen-bond acceptors (Lipinski definition) is 2. The minimum atomic E-state index is 0.507. The molecule has 0 aliphatic heterocycles. The lowest BCUT2D eigenvalue weighted by molar-refractivity contribution is 0.353. The summed E-state index contributed by atoms with van der Waals surface area (Å²) in [6.45, 7) is 10.2. The molecule has 0 bridgehead atoms. The van der Waals surface area contributed by atoms with Crippen LogP contribution in [0, 0.1) is 0 Å². The summed E-state index contributed by atoms with van der Waals surface area (Å²) in [5.41, 5.74) is 2.15. The van der Waals surface area contributed by atoms with Crippen molar-refractivity contribution in [2.75, 3.05) is 13.2 Å². The van der Waals surface area contributed by atoms with E-state index in [4.69, 9.17) is 16.3 Å². The first kappa shape index (κ1) is 14.1. The number of rotatable bonds is 7. The van der Waals surface area contributed by atoms with E-state index < -0.39 is 0 Å². The molecule has 0 fully saturated rings. The molecule has 0 saturated heterocycles. The van der Waals surface area contributed by atoms with E-state index in [1.807, 2.05) is 25.1 Å². The van der Waals surface area contributed by atoms with Crippen LogP contribution in [0.2, 0.25) is 5.02 Å². The van der Waals surface area contributed by atoms with Gasteiger partial charge in [0.05, 0.1) is 5.02 Å². The minimum Gasteiger partial charge on any atom is -0.488 e. The average molecular weight is 254 g/mol. The second-order valence-electron chi connectivity index (χ2n) is 4.19. The molecular formula is C14H20ClNO. The Labute approximate surface area is 109 Å². The highest BCUT2D eigenvalue weighted by Gasteiger charge is 2.03. The molecule has 0 aliphatic carbocycles. The Morgan fingerprint density at radius 3 is 2.82 bits per heavy atom. The summed E-state index contributed by atoms with van der Waals surface area (Å²) in [6.07, 6.45) is 1.13. The molecule has 17 heavy (non-hydrogen) atoms. The monoisotopic (exact) mass is 253 g/mol. The predicted molar refractivity (Wildman–Crippen MR) is 73.8 cm³/mol. The largest absolute Gasteiger partial charge is 0.488 e. The van der Waals surface area contributed by atoms with Crippen molar-refractivity contribution in [1.82, 2.24) is 5.32 Å². The number of hydrogen-bond donors (Lipinski definition) is 1. The molecule has 0 heterocycles. The van der Waals surface area contributed by atoms with Gasteiger partial charge in [-0.05, 0) is 43.2 Å². The zero-order valence-electron chi connectivity index (χ0n) is 10.6. The van der Waals surface area contributed by atoms with Gasteiger partial charge in [0.15, 0.2) is 0 Å². The lowest BCUT2D eigenvalue weighted by atomic mass is 10.2. The summed E-state index contributed by atoms with van der Waals surface area (Å²) >= 11 is 6.14. The van der Waals surface area contributed by atoms with Crippen molar-refractivity contribution in [3.8, 4) is 5.75 Å².